The van der Waals surface area contributed by atoms with E-state index in [-0.39, 0.29) is 27.8 Å². The average molecular weight is 367 g/mol. The molecule has 4 rings (SSSR count). The van der Waals surface area contributed by atoms with Gasteiger partial charge in [0, 0.05) is 11.1 Å². The summed E-state index contributed by atoms with van der Waals surface area (Å²) in [5.41, 5.74) is 2.92. The molecule has 0 spiro atoms. The van der Waals surface area contributed by atoms with E-state index in [9.17, 15) is 23.1 Å². The van der Waals surface area contributed by atoms with Crippen molar-refractivity contribution in [3.05, 3.63) is 83.4 Å². The number of amides is 1. The summed E-state index contributed by atoms with van der Waals surface area (Å²) in [6.07, 6.45) is -4.96. The number of hydrogen-bond donors (Lipinski definition) is 2. The van der Waals surface area contributed by atoms with Crippen molar-refractivity contribution in [2.75, 3.05) is 0 Å². The minimum absolute atomic E-state index is 0.184. The molecule has 0 radical (unpaired) electrons. The molecule has 0 heterocycles. The van der Waals surface area contributed by atoms with Crippen LogP contribution in [0, 0.1) is 12.1 Å². The highest BCUT2D eigenvalue weighted by molar-refractivity contribution is 6.00. The Bertz CT molecular complexity index is 1080. The Hall–Kier alpha value is -3.30. The molecule has 0 aromatic heterocycles. The maximum absolute atomic E-state index is 13.9. The van der Waals surface area contributed by atoms with Gasteiger partial charge in [-0.3, -0.25) is 4.79 Å². The van der Waals surface area contributed by atoms with Crippen molar-refractivity contribution >= 4 is 5.91 Å². The topological polar surface area (TPSA) is 63.3 Å². The van der Waals surface area contributed by atoms with Gasteiger partial charge >= 0.3 is 6.18 Å². The third kappa shape index (κ3) is 2.32. The molecule has 3 nitrogen and oxygen atoms in total. The Morgan fingerprint density at radius 1 is 1.04 bits per heavy atom. The van der Waals surface area contributed by atoms with Gasteiger partial charge in [0.15, 0.2) is 0 Å². The molecule has 3 aromatic carbocycles. The second kappa shape index (κ2) is 5.60. The van der Waals surface area contributed by atoms with Crippen LogP contribution in [0.4, 0.5) is 13.2 Å². The monoisotopic (exact) mass is 367 g/mol. The Morgan fingerprint density at radius 2 is 1.78 bits per heavy atom. The Morgan fingerprint density at radius 3 is 2.48 bits per heavy atom. The smallest absolute Gasteiger partial charge is 0.372 e. The number of hydrogen-bond acceptors (Lipinski definition) is 2. The molecular weight excluding hydrogens is 355 g/mol. The largest absolute Gasteiger partial charge is 0.426 e. The van der Waals surface area contributed by atoms with E-state index in [1.54, 1.807) is 24.3 Å². The van der Waals surface area contributed by atoms with Crippen LogP contribution in [0.5, 0.6) is 0 Å². The van der Waals surface area contributed by atoms with Gasteiger partial charge in [0.1, 0.15) is 0 Å². The Kier molecular flexibility index (Phi) is 3.55. The van der Waals surface area contributed by atoms with Gasteiger partial charge in [0.2, 0.25) is 11.5 Å². The van der Waals surface area contributed by atoms with Crippen molar-refractivity contribution in [3.8, 4) is 22.3 Å². The van der Waals surface area contributed by atoms with Gasteiger partial charge < -0.3 is 10.8 Å². The number of carbonyl (C=O) groups excluding carboxylic acids is 1. The van der Waals surface area contributed by atoms with Crippen molar-refractivity contribution in [1.29, 1.82) is 0 Å². The molecule has 134 valence electrons. The zero-order chi connectivity index (χ0) is 19.4. The predicted octanol–water partition coefficient (Wildman–Crippen LogP) is 3.83. The standard InChI is InChI=1S/C21H12F3NO2/c22-21(23,24)20(27)17-8-4-3-6-14(17)15-10-9-12(11-18(15)20)13-5-1-2-7-16(13)19(25)26/h1-3,5-7,9-11,27H,(H2,25,26). The SMILES string of the molecule is NC(=O)c1ccccc1-c1ccc2c(c1)C(O)(C(F)(F)F)c1c#cccc1-2. The maximum Gasteiger partial charge on any atom is 0.426 e. The number of carbonyl (C=O) groups is 1. The minimum atomic E-state index is -4.96. The maximum atomic E-state index is 13.9. The molecule has 0 saturated heterocycles. The molecule has 6 heteroatoms. The fourth-order valence-electron chi connectivity index (χ4n) is 3.52. The highest BCUT2D eigenvalue weighted by Crippen LogP contribution is 2.54. The van der Waals surface area contributed by atoms with Gasteiger partial charge in [-0.1, -0.05) is 42.5 Å². The van der Waals surface area contributed by atoms with Gasteiger partial charge in [-0.2, -0.15) is 13.2 Å². The number of fused-ring (bicyclic) bond motifs is 3. The summed E-state index contributed by atoms with van der Waals surface area (Å²) in [7, 11) is 0. The summed E-state index contributed by atoms with van der Waals surface area (Å²) in [5, 5.41) is 10.7. The molecule has 0 bridgehead atoms. The van der Waals surface area contributed by atoms with Crippen LogP contribution in [0.1, 0.15) is 21.5 Å². The molecular formula is C21H12F3NO2. The lowest BCUT2D eigenvalue weighted by Crippen LogP contribution is -2.41. The van der Waals surface area contributed by atoms with E-state index in [1.807, 2.05) is 0 Å². The second-order valence-corrected chi connectivity index (χ2v) is 6.27. The first-order valence-electron chi connectivity index (χ1n) is 8.01. The number of benzene rings is 2. The number of halogens is 3. The van der Waals surface area contributed by atoms with Gasteiger partial charge in [-0.15, -0.1) is 0 Å². The second-order valence-electron chi connectivity index (χ2n) is 6.27. The summed E-state index contributed by atoms with van der Waals surface area (Å²) in [5.74, 6) is -0.691. The molecule has 3 aromatic rings. The molecule has 1 aliphatic rings. The van der Waals surface area contributed by atoms with Crippen molar-refractivity contribution in [3.63, 3.8) is 0 Å². The van der Waals surface area contributed by atoms with Gasteiger partial charge in [-0.25, -0.2) is 0 Å². The molecule has 0 saturated carbocycles. The number of primary amides is 1. The van der Waals surface area contributed by atoms with Crippen molar-refractivity contribution in [1.82, 2.24) is 0 Å². The van der Waals surface area contributed by atoms with Crippen LogP contribution >= 0.6 is 0 Å². The highest BCUT2D eigenvalue weighted by Gasteiger charge is 2.61. The van der Waals surface area contributed by atoms with Crippen molar-refractivity contribution < 1.29 is 23.1 Å². The van der Waals surface area contributed by atoms with Crippen molar-refractivity contribution in [2.45, 2.75) is 11.8 Å². The summed E-state index contributed by atoms with van der Waals surface area (Å²) >= 11 is 0. The normalized spacial score (nSPS) is 17.8. The molecule has 3 N–H and O–H groups in total. The Balaban J connectivity index is 2.00. The molecule has 0 fully saturated rings. The number of alkyl halides is 3. The first kappa shape index (κ1) is 17.1. The van der Waals surface area contributed by atoms with Crippen LogP contribution in [-0.4, -0.2) is 17.2 Å². The summed E-state index contributed by atoms with van der Waals surface area (Å²) in [4.78, 5) is 11.7. The lowest BCUT2D eigenvalue weighted by molar-refractivity contribution is -0.246. The van der Waals surface area contributed by atoms with E-state index in [0.717, 1.165) is 0 Å². The van der Waals surface area contributed by atoms with Gasteiger partial charge in [0.05, 0.1) is 5.56 Å². The lowest BCUT2D eigenvalue weighted by Gasteiger charge is -2.27. The van der Waals surface area contributed by atoms with E-state index < -0.39 is 17.7 Å². The minimum Gasteiger partial charge on any atom is -0.372 e. The van der Waals surface area contributed by atoms with E-state index in [4.69, 9.17) is 5.73 Å². The average Bonchev–Trinajstić information content (AvgIpc) is 2.91. The first-order valence-corrected chi connectivity index (χ1v) is 8.01. The predicted molar refractivity (Wildman–Crippen MR) is 92.6 cm³/mol. The van der Waals surface area contributed by atoms with Crippen LogP contribution in [0.15, 0.2) is 54.6 Å². The Labute approximate surface area is 152 Å². The summed E-state index contributed by atoms with van der Waals surface area (Å²) in [6.45, 7) is 0. The fourth-order valence-corrected chi connectivity index (χ4v) is 3.52. The quantitative estimate of drug-likeness (QED) is 0.723. The number of aliphatic hydroxyl groups is 1. The van der Waals surface area contributed by atoms with E-state index in [2.05, 4.69) is 12.1 Å². The van der Waals surface area contributed by atoms with Gasteiger partial charge in [0.25, 0.3) is 0 Å². The van der Waals surface area contributed by atoms with Gasteiger partial charge in [-0.05, 0) is 46.5 Å². The molecule has 1 aliphatic carbocycles. The molecule has 0 aliphatic heterocycles. The first-order chi connectivity index (χ1) is 12.7. The molecule has 1 unspecified atom stereocenters. The van der Waals surface area contributed by atoms with Crippen molar-refractivity contribution in [2.24, 2.45) is 5.73 Å². The third-order valence-corrected chi connectivity index (χ3v) is 4.77. The number of rotatable bonds is 2. The zero-order valence-corrected chi connectivity index (χ0v) is 13.8. The van der Waals surface area contributed by atoms with E-state index >= 15 is 0 Å². The van der Waals surface area contributed by atoms with Crippen LogP contribution < -0.4 is 5.73 Å². The van der Waals surface area contributed by atoms with E-state index in [0.29, 0.717) is 11.1 Å². The molecule has 27 heavy (non-hydrogen) atoms. The van der Waals surface area contributed by atoms with Crippen LogP contribution in [-0.2, 0) is 5.60 Å². The molecule has 1 amide bonds. The highest BCUT2D eigenvalue weighted by atomic mass is 19.4. The van der Waals surface area contributed by atoms with E-state index in [1.165, 1.54) is 30.3 Å². The van der Waals surface area contributed by atoms with Crippen LogP contribution in [0.25, 0.3) is 22.3 Å². The van der Waals surface area contributed by atoms with Crippen LogP contribution in [0.2, 0.25) is 0 Å². The van der Waals surface area contributed by atoms with Crippen LogP contribution in [0.3, 0.4) is 0 Å². The number of nitrogens with two attached hydrogens (primary N) is 1. The summed E-state index contributed by atoms with van der Waals surface area (Å²) in [6, 6.07) is 18.5. The molecule has 1 atom stereocenters. The fraction of sp³-hybridized carbons (Fsp3) is 0.0952. The lowest BCUT2D eigenvalue weighted by atomic mass is 9.88. The summed E-state index contributed by atoms with van der Waals surface area (Å²) < 4.78 is 41.7. The third-order valence-electron chi connectivity index (χ3n) is 4.77. The zero-order valence-electron chi connectivity index (χ0n) is 13.8.